The zero-order valence-corrected chi connectivity index (χ0v) is 15.5. The molecule has 134 valence electrons. The molecule has 0 atom stereocenters. The molecule has 1 amide bonds. The van der Waals surface area contributed by atoms with E-state index in [9.17, 15) is 9.59 Å². The maximum atomic E-state index is 12.6. The van der Waals surface area contributed by atoms with E-state index >= 15 is 0 Å². The maximum Gasteiger partial charge on any atom is 0.265 e. The van der Waals surface area contributed by atoms with Crippen molar-refractivity contribution in [3.63, 3.8) is 0 Å². The Morgan fingerprint density at radius 2 is 1.88 bits per heavy atom. The number of benzene rings is 1. The Bertz CT molecular complexity index is 733. The number of ether oxygens (including phenoxy) is 1. The molecule has 4 nitrogen and oxygen atoms in total. The second-order valence-corrected chi connectivity index (χ2v) is 6.90. The lowest BCUT2D eigenvalue weighted by molar-refractivity contribution is -0.121. The number of ketones is 1. The van der Waals surface area contributed by atoms with Crippen LogP contribution < -0.4 is 9.64 Å². The molecular weight excluding hydrogens is 314 g/mol. The average Bonchev–Trinajstić information content (AvgIpc) is 2.77. The van der Waals surface area contributed by atoms with Gasteiger partial charge in [0.25, 0.3) is 5.91 Å². The van der Waals surface area contributed by atoms with E-state index in [1.54, 1.807) is 4.90 Å². The largest absolute Gasteiger partial charge is 0.482 e. The summed E-state index contributed by atoms with van der Waals surface area (Å²) in [6, 6.07) is 4.08. The van der Waals surface area contributed by atoms with E-state index in [0.717, 1.165) is 60.2 Å². The van der Waals surface area contributed by atoms with Crippen LogP contribution in [0.15, 0.2) is 17.7 Å². The summed E-state index contributed by atoms with van der Waals surface area (Å²) < 4.78 is 5.64. The predicted molar refractivity (Wildman–Crippen MR) is 100 cm³/mol. The molecule has 1 aromatic carbocycles. The van der Waals surface area contributed by atoms with Crippen LogP contribution in [0.25, 0.3) is 5.57 Å². The molecule has 0 aromatic heterocycles. The van der Waals surface area contributed by atoms with E-state index in [2.05, 4.69) is 19.9 Å². The molecule has 1 heterocycles. The van der Waals surface area contributed by atoms with Crippen molar-refractivity contribution < 1.29 is 14.3 Å². The Morgan fingerprint density at radius 1 is 1.12 bits per heavy atom. The summed E-state index contributed by atoms with van der Waals surface area (Å²) in [5.74, 6) is 1.05. The first-order chi connectivity index (χ1) is 12.1. The molecule has 4 heteroatoms. The van der Waals surface area contributed by atoms with Gasteiger partial charge >= 0.3 is 0 Å². The number of carbonyl (C=O) groups is 2. The molecule has 0 saturated heterocycles. The van der Waals surface area contributed by atoms with Gasteiger partial charge in [0.1, 0.15) is 5.75 Å². The Labute approximate surface area is 149 Å². The third-order valence-corrected chi connectivity index (χ3v) is 5.17. The first-order valence-electron chi connectivity index (χ1n) is 9.40. The second-order valence-electron chi connectivity index (χ2n) is 6.90. The number of nitrogens with zero attached hydrogens (tertiary/aromatic N) is 1. The molecule has 0 spiro atoms. The summed E-state index contributed by atoms with van der Waals surface area (Å²) in [4.78, 5) is 26.6. The molecule has 0 radical (unpaired) electrons. The Kier molecular flexibility index (Phi) is 5.26. The van der Waals surface area contributed by atoms with E-state index in [-0.39, 0.29) is 12.5 Å². The van der Waals surface area contributed by atoms with Crippen LogP contribution in [-0.2, 0) is 9.59 Å². The zero-order chi connectivity index (χ0) is 18.0. The molecule has 1 aliphatic carbocycles. The lowest BCUT2D eigenvalue weighted by atomic mass is 9.89. The summed E-state index contributed by atoms with van der Waals surface area (Å²) in [5, 5.41) is 0. The monoisotopic (exact) mass is 341 g/mol. The maximum absolute atomic E-state index is 12.6. The minimum atomic E-state index is -0.00972. The van der Waals surface area contributed by atoms with Gasteiger partial charge in [-0.2, -0.15) is 0 Å². The van der Waals surface area contributed by atoms with Crippen molar-refractivity contribution >= 4 is 23.0 Å². The van der Waals surface area contributed by atoms with Gasteiger partial charge in [-0.25, -0.2) is 0 Å². The first-order valence-corrected chi connectivity index (χ1v) is 9.40. The number of aryl methyl sites for hydroxylation is 1. The molecule has 0 fully saturated rings. The minimum absolute atomic E-state index is 0.00972. The van der Waals surface area contributed by atoms with Crippen molar-refractivity contribution in [2.75, 3.05) is 18.1 Å². The number of anilines is 1. The first kappa shape index (κ1) is 17.7. The Balaban J connectivity index is 2.15. The summed E-state index contributed by atoms with van der Waals surface area (Å²) in [7, 11) is 0. The smallest absolute Gasteiger partial charge is 0.265 e. The van der Waals surface area contributed by atoms with Crippen molar-refractivity contribution in [3.8, 4) is 5.75 Å². The number of likely N-dealkylation sites (N-methyl/N-ethyl adjacent to an activating group) is 1. The lowest BCUT2D eigenvalue weighted by Crippen LogP contribution is -2.38. The number of carbonyl (C=O) groups excluding carboxylic acids is 2. The fourth-order valence-corrected chi connectivity index (χ4v) is 3.92. The van der Waals surface area contributed by atoms with E-state index in [4.69, 9.17) is 4.74 Å². The molecular formula is C21H27NO3. The van der Waals surface area contributed by atoms with Gasteiger partial charge in [-0.3, -0.25) is 9.59 Å². The number of amides is 1. The van der Waals surface area contributed by atoms with Gasteiger partial charge in [-0.05, 0) is 73.9 Å². The fraction of sp³-hybridized carbons (Fsp3) is 0.524. The number of allylic oxidation sites excluding steroid dienone is 2. The van der Waals surface area contributed by atoms with Crippen molar-refractivity contribution in [2.24, 2.45) is 0 Å². The van der Waals surface area contributed by atoms with Crippen molar-refractivity contribution in [2.45, 2.75) is 59.3 Å². The summed E-state index contributed by atoms with van der Waals surface area (Å²) >= 11 is 0. The number of fused-ring (bicyclic) bond motifs is 1. The normalized spacial score (nSPS) is 18.1. The molecule has 0 saturated carbocycles. The Morgan fingerprint density at radius 3 is 2.60 bits per heavy atom. The summed E-state index contributed by atoms with van der Waals surface area (Å²) in [6.45, 7) is 6.88. The van der Waals surface area contributed by atoms with Crippen molar-refractivity contribution in [1.82, 2.24) is 0 Å². The number of Topliss-reactive ketones (excluding diaryl/α,β-unsaturated/α-hetero) is 1. The molecule has 0 N–H and O–H groups in total. The highest BCUT2D eigenvalue weighted by molar-refractivity contribution is 6.04. The summed E-state index contributed by atoms with van der Waals surface area (Å²) in [6.07, 6.45) is 5.39. The van der Waals surface area contributed by atoms with E-state index in [0.29, 0.717) is 18.7 Å². The molecule has 2 aliphatic rings. The quantitative estimate of drug-likeness (QED) is 0.813. The van der Waals surface area contributed by atoms with Crippen LogP contribution in [0.1, 0.15) is 63.5 Å². The molecule has 25 heavy (non-hydrogen) atoms. The molecule has 0 unspecified atom stereocenters. The van der Waals surface area contributed by atoms with Crippen LogP contribution in [0.3, 0.4) is 0 Å². The molecule has 1 aliphatic heterocycles. The van der Waals surface area contributed by atoms with Gasteiger partial charge in [-0.1, -0.05) is 13.3 Å². The van der Waals surface area contributed by atoms with E-state index in [1.165, 1.54) is 5.57 Å². The number of hydrogen-bond donors (Lipinski definition) is 0. The standard InChI is InChI=1S/C21H27NO3/c1-4-8-16-15(9-6-7-10-19(16)23)17-12-18-20(11-14(17)3)25-13-21(24)22(18)5-2/h11-12H,4-10,13H2,1-3H3. The number of hydrogen-bond acceptors (Lipinski definition) is 3. The van der Waals surface area contributed by atoms with Gasteiger partial charge in [0.05, 0.1) is 5.69 Å². The predicted octanol–water partition coefficient (Wildman–Crippen LogP) is 4.44. The van der Waals surface area contributed by atoms with Gasteiger partial charge in [0.15, 0.2) is 12.4 Å². The molecule has 1 aromatic rings. The third kappa shape index (κ3) is 3.35. The number of rotatable bonds is 4. The summed E-state index contributed by atoms with van der Waals surface area (Å²) in [5.41, 5.74) is 5.23. The van der Waals surface area contributed by atoms with Gasteiger partial charge < -0.3 is 9.64 Å². The zero-order valence-electron chi connectivity index (χ0n) is 15.5. The highest BCUT2D eigenvalue weighted by atomic mass is 16.5. The van der Waals surface area contributed by atoms with Crippen LogP contribution in [0.4, 0.5) is 5.69 Å². The lowest BCUT2D eigenvalue weighted by Gasteiger charge is -2.30. The highest BCUT2D eigenvalue weighted by Gasteiger charge is 2.27. The van der Waals surface area contributed by atoms with E-state index in [1.807, 2.05) is 13.0 Å². The highest BCUT2D eigenvalue weighted by Crippen LogP contribution is 2.40. The van der Waals surface area contributed by atoms with Crippen LogP contribution in [0, 0.1) is 6.92 Å². The van der Waals surface area contributed by atoms with Gasteiger partial charge in [0.2, 0.25) is 0 Å². The van der Waals surface area contributed by atoms with Crippen LogP contribution >= 0.6 is 0 Å². The fourth-order valence-electron chi connectivity index (χ4n) is 3.92. The van der Waals surface area contributed by atoms with Gasteiger partial charge in [0, 0.05) is 13.0 Å². The molecule has 3 rings (SSSR count). The van der Waals surface area contributed by atoms with E-state index < -0.39 is 0 Å². The minimum Gasteiger partial charge on any atom is -0.482 e. The Hall–Kier alpha value is -2.10. The van der Waals surface area contributed by atoms with Crippen LogP contribution in [-0.4, -0.2) is 24.8 Å². The third-order valence-electron chi connectivity index (χ3n) is 5.17. The van der Waals surface area contributed by atoms with Crippen LogP contribution in [0.2, 0.25) is 0 Å². The van der Waals surface area contributed by atoms with Crippen molar-refractivity contribution in [1.29, 1.82) is 0 Å². The SMILES string of the molecule is CCCC1=C(c2cc3c(cc2C)OCC(=O)N3CC)CCCCC1=O. The van der Waals surface area contributed by atoms with Crippen molar-refractivity contribution in [3.05, 3.63) is 28.8 Å². The molecule has 0 bridgehead atoms. The second kappa shape index (κ2) is 7.42. The topological polar surface area (TPSA) is 46.6 Å². The average molecular weight is 341 g/mol. The van der Waals surface area contributed by atoms with Crippen LogP contribution in [0.5, 0.6) is 5.75 Å². The van der Waals surface area contributed by atoms with Gasteiger partial charge in [-0.15, -0.1) is 0 Å².